The van der Waals surface area contributed by atoms with Crippen LogP contribution < -0.4 is 9.80 Å². The maximum atomic E-state index is 14.9. The van der Waals surface area contributed by atoms with Crippen molar-refractivity contribution in [1.29, 1.82) is 0 Å². The van der Waals surface area contributed by atoms with Gasteiger partial charge in [0.15, 0.2) is 6.04 Å². The number of nitrogens with one attached hydrogen (secondary N) is 2. The second-order valence-electron chi connectivity index (χ2n) is 8.53. The third-order valence-electron chi connectivity index (χ3n) is 6.79. The van der Waals surface area contributed by atoms with Gasteiger partial charge in [-0.2, -0.15) is 0 Å². The van der Waals surface area contributed by atoms with Crippen LogP contribution in [0.1, 0.15) is 48.9 Å². The molecule has 2 fully saturated rings. The van der Waals surface area contributed by atoms with Crippen LogP contribution in [0.25, 0.3) is 0 Å². The molecule has 1 aromatic carbocycles. The van der Waals surface area contributed by atoms with Gasteiger partial charge in [-0.15, -0.1) is 5.10 Å². The number of halogens is 1. The van der Waals surface area contributed by atoms with Gasteiger partial charge in [0.1, 0.15) is 44.3 Å². The van der Waals surface area contributed by atoms with Crippen molar-refractivity contribution in [2.75, 3.05) is 26.2 Å². The molecule has 1 saturated heterocycles. The van der Waals surface area contributed by atoms with Crippen LogP contribution in [-0.4, -0.2) is 52.4 Å². The summed E-state index contributed by atoms with van der Waals surface area (Å²) in [7, 11) is 0. The van der Waals surface area contributed by atoms with Crippen molar-refractivity contribution in [2.24, 2.45) is 0 Å². The molecule has 2 aromatic heterocycles. The van der Waals surface area contributed by atoms with Crippen LogP contribution in [0.2, 0.25) is 0 Å². The average molecular weight is 413 g/mol. The minimum absolute atomic E-state index is 0.201. The highest BCUT2D eigenvalue weighted by molar-refractivity contribution is 5.24. The second kappa shape index (κ2) is 8.65. The minimum atomic E-state index is -0.235. The maximum absolute atomic E-state index is 14.9. The molecule has 1 aliphatic carbocycles. The summed E-state index contributed by atoms with van der Waals surface area (Å²) in [5, 5.41) is 12.5. The first-order valence-electron chi connectivity index (χ1n) is 11.0. The van der Waals surface area contributed by atoms with Crippen molar-refractivity contribution in [3.63, 3.8) is 0 Å². The Morgan fingerprint density at radius 2 is 1.87 bits per heavy atom. The number of benzene rings is 1. The molecule has 5 rings (SSSR count). The molecule has 8 heteroatoms. The first kappa shape index (κ1) is 19.4. The molecule has 0 spiro atoms. The van der Waals surface area contributed by atoms with Gasteiger partial charge >= 0.3 is 0 Å². The highest BCUT2D eigenvalue weighted by Gasteiger charge is 2.39. The lowest BCUT2D eigenvalue weighted by molar-refractivity contribution is -1.03. The van der Waals surface area contributed by atoms with E-state index in [1.54, 1.807) is 21.9 Å². The van der Waals surface area contributed by atoms with E-state index >= 15 is 0 Å². The fraction of sp³-hybridized carbons (Fsp3) is 0.500. The predicted molar refractivity (Wildman–Crippen MR) is 108 cm³/mol. The second-order valence-corrected chi connectivity index (χ2v) is 8.53. The van der Waals surface area contributed by atoms with Crippen molar-refractivity contribution in [3.05, 3.63) is 65.6 Å². The summed E-state index contributed by atoms with van der Waals surface area (Å²) in [6, 6.07) is 11.4. The SMILES string of the molecule is Fc1ccccc1[C@@H](c1nnnn1Cc1ccco1)[NH+]1CC[NH+](C2CCCC2)CC1. The first-order valence-corrected chi connectivity index (χ1v) is 11.0. The van der Waals surface area contributed by atoms with E-state index in [2.05, 4.69) is 15.5 Å². The molecule has 7 nitrogen and oxygen atoms in total. The van der Waals surface area contributed by atoms with Crippen LogP contribution >= 0.6 is 0 Å². The van der Waals surface area contributed by atoms with Crippen molar-refractivity contribution >= 4 is 0 Å². The molecule has 30 heavy (non-hydrogen) atoms. The quantitative estimate of drug-likeness (QED) is 0.610. The summed E-state index contributed by atoms with van der Waals surface area (Å²) in [5.41, 5.74) is 0.660. The number of hydrogen-bond donors (Lipinski definition) is 2. The number of piperazine rings is 1. The highest BCUT2D eigenvalue weighted by Crippen LogP contribution is 2.21. The highest BCUT2D eigenvalue weighted by atomic mass is 19.1. The molecule has 3 heterocycles. The van der Waals surface area contributed by atoms with Crippen LogP contribution in [0, 0.1) is 5.82 Å². The third kappa shape index (κ3) is 3.89. The van der Waals surface area contributed by atoms with Crippen LogP contribution in [0.15, 0.2) is 47.1 Å². The van der Waals surface area contributed by atoms with E-state index < -0.39 is 0 Å². The zero-order chi connectivity index (χ0) is 20.3. The first-order chi connectivity index (χ1) is 14.8. The fourth-order valence-electron chi connectivity index (χ4n) is 5.26. The monoisotopic (exact) mass is 412 g/mol. The van der Waals surface area contributed by atoms with Gasteiger partial charge < -0.3 is 14.2 Å². The number of furan rings is 1. The fourth-order valence-corrected chi connectivity index (χ4v) is 5.26. The Balaban J connectivity index is 1.43. The van der Waals surface area contributed by atoms with E-state index in [1.807, 2.05) is 24.3 Å². The number of aromatic nitrogens is 4. The summed E-state index contributed by atoms with van der Waals surface area (Å²) in [6.07, 6.45) is 7.07. The lowest BCUT2D eigenvalue weighted by Crippen LogP contribution is -3.29. The van der Waals surface area contributed by atoms with Gasteiger partial charge in [-0.05, 0) is 60.4 Å². The van der Waals surface area contributed by atoms with E-state index in [0.29, 0.717) is 17.9 Å². The molecule has 0 radical (unpaired) electrons. The van der Waals surface area contributed by atoms with Gasteiger partial charge in [-0.3, -0.25) is 0 Å². The summed E-state index contributed by atoms with van der Waals surface area (Å²) >= 11 is 0. The Labute approximate surface area is 175 Å². The normalized spacial score (nSPS) is 23.6. The predicted octanol–water partition coefficient (Wildman–Crippen LogP) is 0.269. The van der Waals surface area contributed by atoms with Gasteiger partial charge in [0.25, 0.3) is 0 Å². The van der Waals surface area contributed by atoms with E-state index in [1.165, 1.54) is 36.6 Å². The zero-order valence-electron chi connectivity index (χ0n) is 17.1. The number of hydrogen-bond acceptors (Lipinski definition) is 4. The van der Waals surface area contributed by atoms with E-state index in [0.717, 1.165) is 38.0 Å². The molecule has 158 valence electrons. The van der Waals surface area contributed by atoms with Crippen LogP contribution in [-0.2, 0) is 6.54 Å². The van der Waals surface area contributed by atoms with E-state index in [9.17, 15) is 4.39 Å². The summed E-state index contributed by atoms with van der Waals surface area (Å²) in [5.74, 6) is 1.27. The zero-order valence-corrected chi connectivity index (χ0v) is 17.1. The molecule has 2 aliphatic rings. The lowest BCUT2D eigenvalue weighted by Gasteiger charge is -2.36. The molecule has 1 aliphatic heterocycles. The number of nitrogens with zero attached hydrogens (tertiary/aromatic N) is 4. The Kier molecular flexibility index (Phi) is 5.59. The number of quaternary nitrogens is 2. The molecule has 1 atom stereocenters. The van der Waals surface area contributed by atoms with Gasteiger partial charge in [-0.1, -0.05) is 12.1 Å². The standard InChI is InChI=1S/C22H27FN6O/c23-20-10-4-3-9-19(20)21(22-24-25-26-29(22)16-18-8-5-15-30-18)28-13-11-27(12-14-28)17-6-1-2-7-17/h3-5,8-10,15,17,21H,1-2,6-7,11-14,16H2/p+2/t21-/m0/s1. The van der Waals surface area contributed by atoms with Gasteiger partial charge in [-0.25, -0.2) is 9.07 Å². The van der Waals surface area contributed by atoms with Crippen molar-refractivity contribution < 1.29 is 18.6 Å². The molecule has 0 bridgehead atoms. The van der Waals surface area contributed by atoms with Crippen molar-refractivity contribution in [3.8, 4) is 0 Å². The van der Waals surface area contributed by atoms with Gasteiger partial charge in [0.2, 0.25) is 5.82 Å². The van der Waals surface area contributed by atoms with Gasteiger partial charge in [0, 0.05) is 0 Å². The smallest absolute Gasteiger partial charge is 0.214 e. The summed E-state index contributed by atoms with van der Waals surface area (Å²) < 4.78 is 22.1. The third-order valence-corrected chi connectivity index (χ3v) is 6.79. The summed E-state index contributed by atoms with van der Waals surface area (Å²) in [4.78, 5) is 3.05. The van der Waals surface area contributed by atoms with Crippen LogP contribution in [0.5, 0.6) is 0 Å². The average Bonchev–Trinajstić information content (AvgIpc) is 3.54. The Bertz CT molecular complexity index is 944. The molecule has 2 N–H and O–H groups in total. The molecule has 0 unspecified atom stereocenters. The van der Waals surface area contributed by atoms with Crippen molar-refractivity contribution in [2.45, 2.75) is 44.3 Å². The maximum Gasteiger partial charge on any atom is 0.214 e. The molecule has 1 saturated carbocycles. The Hall–Kier alpha value is -2.58. The lowest BCUT2D eigenvalue weighted by atomic mass is 10.0. The summed E-state index contributed by atoms with van der Waals surface area (Å²) in [6.45, 7) is 4.64. The molecular formula is C22H29FN6O+2. The molecule has 3 aromatic rings. The number of tetrazole rings is 1. The Morgan fingerprint density at radius 3 is 2.60 bits per heavy atom. The van der Waals surface area contributed by atoms with E-state index in [-0.39, 0.29) is 11.9 Å². The van der Waals surface area contributed by atoms with E-state index in [4.69, 9.17) is 4.42 Å². The Morgan fingerprint density at radius 1 is 1.07 bits per heavy atom. The number of rotatable bonds is 6. The van der Waals surface area contributed by atoms with Crippen LogP contribution in [0.3, 0.4) is 0 Å². The molecule has 0 amide bonds. The minimum Gasteiger partial charge on any atom is -0.467 e. The van der Waals surface area contributed by atoms with Crippen molar-refractivity contribution in [1.82, 2.24) is 20.2 Å². The van der Waals surface area contributed by atoms with Crippen LogP contribution in [0.4, 0.5) is 4.39 Å². The molecular weight excluding hydrogens is 383 g/mol. The largest absolute Gasteiger partial charge is 0.467 e. The van der Waals surface area contributed by atoms with Gasteiger partial charge in [0.05, 0.1) is 17.9 Å². The topological polar surface area (TPSA) is 65.6 Å².